The van der Waals surface area contributed by atoms with Crippen molar-refractivity contribution in [3.63, 3.8) is 0 Å². The van der Waals surface area contributed by atoms with Crippen LogP contribution in [-0.2, 0) is 9.84 Å². The number of sulfone groups is 1. The fraction of sp³-hybridized carbons (Fsp3) is 0.467. The van der Waals surface area contributed by atoms with Gasteiger partial charge >= 0.3 is 5.97 Å². The van der Waals surface area contributed by atoms with Crippen LogP contribution in [0.2, 0.25) is 0 Å². The molecule has 22 heavy (non-hydrogen) atoms. The summed E-state index contributed by atoms with van der Waals surface area (Å²) in [5.41, 5.74) is 0.482. The Morgan fingerprint density at radius 2 is 1.73 bits per heavy atom. The van der Waals surface area contributed by atoms with E-state index < -0.39 is 21.8 Å². The molecule has 0 radical (unpaired) electrons. The number of carbonyl (C=O) groups excluding carboxylic acids is 1. The molecular weight excluding hydrogens is 306 g/mol. The summed E-state index contributed by atoms with van der Waals surface area (Å²) < 4.78 is 22.9. The van der Waals surface area contributed by atoms with E-state index in [0.717, 1.165) is 19.1 Å². The summed E-state index contributed by atoms with van der Waals surface area (Å²) in [6, 6.07) is 5.35. The van der Waals surface area contributed by atoms with E-state index in [1.54, 1.807) is 11.8 Å². The van der Waals surface area contributed by atoms with Gasteiger partial charge in [-0.25, -0.2) is 13.2 Å². The molecule has 1 amide bonds. The maximum absolute atomic E-state index is 12.6. The highest BCUT2D eigenvalue weighted by Gasteiger charge is 2.37. The molecule has 1 N–H and O–H groups in total. The molecule has 0 saturated heterocycles. The third-order valence-corrected chi connectivity index (χ3v) is 4.66. The first-order valence-corrected chi connectivity index (χ1v) is 9.09. The van der Waals surface area contributed by atoms with Crippen molar-refractivity contribution in [1.82, 2.24) is 4.90 Å². The number of hydrogen-bond donors (Lipinski definition) is 1. The van der Waals surface area contributed by atoms with Crippen LogP contribution in [0.25, 0.3) is 0 Å². The summed E-state index contributed by atoms with van der Waals surface area (Å²) in [6.45, 7) is 1.73. The van der Waals surface area contributed by atoms with Crippen LogP contribution in [0.1, 0.15) is 40.5 Å². The number of aromatic carboxylic acids is 1. The van der Waals surface area contributed by atoms with E-state index in [1.165, 1.54) is 24.3 Å². The van der Waals surface area contributed by atoms with Gasteiger partial charge in [-0.15, -0.1) is 0 Å². The molecule has 1 saturated carbocycles. The van der Waals surface area contributed by atoms with Crippen LogP contribution in [0.5, 0.6) is 0 Å². The van der Waals surface area contributed by atoms with E-state index >= 15 is 0 Å². The zero-order valence-corrected chi connectivity index (χ0v) is 13.3. The second-order valence-electron chi connectivity index (χ2n) is 5.77. The third kappa shape index (κ3) is 4.07. The van der Waals surface area contributed by atoms with Crippen molar-refractivity contribution < 1.29 is 23.1 Å². The number of benzene rings is 1. The molecule has 1 aromatic carbocycles. The molecule has 1 atom stereocenters. The molecule has 0 aromatic heterocycles. The highest BCUT2D eigenvalue weighted by Crippen LogP contribution is 2.30. The zero-order valence-electron chi connectivity index (χ0n) is 12.5. The largest absolute Gasteiger partial charge is 0.478 e. The molecule has 2 rings (SSSR count). The highest BCUT2D eigenvalue weighted by molar-refractivity contribution is 7.90. The number of carbonyl (C=O) groups is 2. The number of hydrogen-bond acceptors (Lipinski definition) is 4. The molecule has 0 heterocycles. The number of nitrogens with zero attached hydrogens (tertiary/aromatic N) is 1. The molecule has 0 aliphatic heterocycles. The summed E-state index contributed by atoms with van der Waals surface area (Å²) in [5, 5.41) is 8.88. The first-order valence-electron chi connectivity index (χ1n) is 7.03. The Hall–Kier alpha value is -1.89. The zero-order chi connectivity index (χ0) is 16.5. The molecule has 6 nitrogen and oxygen atoms in total. The van der Waals surface area contributed by atoms with Crippen LogP contribution in [0.15, 0.2) is 24.3 Å². The monoisotopic (exact) mass is 325 g/mol. The summed E-state index contributed by atoms with van der Waals surface area (Å²) >= 11 is 0. The fourth-order valence-corrected chi connectivity index (χ4v) is 3.54. The Bertz CT molecular complexity index is 676. The lowest BCUT2D eigenvalue weighted by molar-refractivity contribution is 0.0680. The number of rotatable bonds is 6. The van der Waals surface area contributed by atoms with E-state index in [2.05, 4.69) is 0 Å². The van der Waals surface area contributed by atoms with Crippen molar-refractivity contribution in [2.24, 2.45) is 0 Å². The van der Waals surface area contributed by atoms with Crippen molar-refractivity contribution >= 4 is 21.7 Å². The maximum Gasteiger partial charge on any atom is 0.335 e. The van der Waals surface area contributed by atoms with E-state index in [-0.39, 0.29) is 23.3 Å². The molecule has 1 aliphatic rings. The quantitative estimate of drug-likeness (QED) is 0.854. The van der Waals surface area contributed by atoms with Gasteiger partial charge in [-0.2, -0.15) is 0 Å². The summed E-state index contributed by atoms with van der Waals surface area (Å²) in [4.78, 5) is 25.1. The third-order valence-electron chi connectivity index (χ3n) is 3.57. The predicted octanol–water partition coefficient (Wildman–Crippen LogP) is 1.42. The Kier molecular flexibility index (Phi) is 4.55. The normalized spacial score (nSPS) is 16.1. The van der Waals surface area contributed by atoms with Gasteiger partial charge in [0.2, 0.25) is 0 Å². The Morgan fingerprint density at radius 1 is 1.23 bits per heavy atom. The van der Waals surface area contributed by atoms with Crippen LogP contribution < -0.4 is 0 Å². The molecular formula is C15H19NO5S. The number of carboxylic acid groups (broad SMARTS) is 1. The molecule has 1 aliphatic carbocycles. The summed E-state index contributed by atoms with van der Waals surface area (Å²) in [6.07, 6.45) is 2.89. The van der Waals surface area contributed by atoms with Gasteiger partial charge in [0, 0.05) is 23.9 Å². The van der Waals surface area contributed by atoms with Gasteiger partial charge < -0.3 is 10.0 Å². The van der Waals surface area contributed by atoms with Gasteiger partial charge in [0.1, 0.15) is 9.84 Å². The fourth-order valence-electron chi connectivity index (χ4n) is 2.50. The molecule has 1 fully saturated rings. The lowest BCUT2D eigenvalue weighted by Gasteiger charge is -2.29. The minimum Gasteiger partial charge on any atom is -0.478 e. The van der Waals surface area contributed by atoms with Crippen LogP contribution in [0.3, 0.4) is 0 Å². The van der Waals surface area contributed by atoms with Gasteiger partial charge in [0.15, 0.2) is 0 Å². The van der Waals surface area contributed by atoms with E-state index in [0.29, 0.717) is 5.56 Å². The topological polar surface area (TPSA) is 91.8 Å². The van der Waals surface area contributed by atoms with Gasteiger partial charge in [0.25, 0.3) is 5.91 Å². The van der Waals surface area contributed by atoms with Crippen LogP contribution >= 0.6 is 0 Å². The Labute approximate surface area is 129 Å². The minimum atomic E-state index is -3.18. The molecule has 1 aromatic rings. The molecule has 120 valence electrons. The van der Waals surface area contributed by atoms with Crippen LogP contribution in [0, 0.1) is 0 Å². The van der Waals surface area contributed by atoms with Crippen molar-refractivity contribution in [3.05, 3.63) is 35.4 Å². The van der Waals surface area contributed by atoms with Crippen LogP contribution in [0.4, 0.5) is 0 Å². The van der Waals surface area contributed by atoms with Crippen molar-refractivity contribution in [3.8, 4) is 0 Å². The summed E-state index contributed by atoms with van der Waals surface area (Å²) in [5.74, 6) is -1.39. The standard InChI is InChI=1S/C15H19NO5S/c1-10(9-22(2,20)21)16(13-7-8-13)14(17)11-3-5-12(6-4-11)15(18)19/h3-6,10,13H,7-9H2,1-2H3,(H,18,19). The van der Waals surface area contributed by atoms with E-state index in [1.807, 2.05) is 0 Å². The maximum atomic E-state index is 12.6. The molecule has 7 heteroatoms. The van der Waals surface area contributed by atoms with Gasteiger partial charge in [-0.1, -0.05) is 0 Å². The van der Waals surface area contributed by atoms with Gasteiger partial charge in [-0.3, -0.25) is 4.79 Å². The van der Waals surface area contributed by atoms with E-state index in [9.17, 15) is 18.0 Å². The van der Waals surface area contributed by atoms with Crippen molar-refractivity contribution in [2.75, 3.05) is 12.0 Å². The number of carboxylic acids is 1. The van der Waals surface area contributed by atoms with Crippen molar-refractivity contribution in [2.45, 2.75) is 31.8 Å². The highest BCUT2D eigenvalue weighted by atomic mass is 32.2. The SMILES string of the molecule is CC(CS(C)(=O)=O)N(C(=O)c1ccc(C(=O)O)cc1)C1CC1. The second kappa shape index (κ2) is 6.08. The van der Waals surface area contributed by atoms with Gasteiger partial charge in [0.05, 0.1) is 11.3 Å². The van der Waals surface area contributed by atoms with Crippen LogP contribution in [-0.4, -0.2) is 54.4 Å². The first-order chi connectivity index (χ1) is 10.2. The minimum absolute atomic E-state index is 0.0726. The molecule has 1 unspecified atom stereocenters. The van der Waals surface area contributed by atoms with E-state index in [4.69, 9.17) is 5.11 Å². The van der Waals surface area contributed by atoms with Gasteiger partial charge in [-0.05, 0) is 44.0 Å². The molecule has 0 spiro atoms. The average molecular weight is 325 g/mol. The average Bonchev–Trinajstić information content (AvgIpc) is 3.21. The second-order valence-corrected chi connectivity index (χ2v) is 7.95. The predicted molar refractivity (Wildman–Crippen MR) is 81.8 cm³/mol. The Morgan fingerprint density at radius 3 is 2.14 bits per heavy atom. The smallest absolute Gasteiger partial charge is 0.335 e. The molecule has 0 bridgehead atoms. The number of amides is 1. The lowest BCUT2D eigenvalue weighted by Crippen LogP contribution is -2.43. The summed E-state index contributed by atoms with van der Waals surface area (Å²) in [7, 11) is -3.18. The first kappa shape index (κ1) is 16.5. The van der Waals surface area contributed by atoms with Crippen molar-refractivity contribution in [1.29, 1.82) is 0 Å². The Balaban J connectivity index is 2.21. The lowest BCUT2D eigenvalue weighted by atomic mass is 10.1.